The number of halogens is 2. The highest BCUT2D eigenvalue weighted by Crippen LogP contribution is 2.21. The second kappa shape index (κ2) is 7.71. The van der Waals surface area contributed by atoms with Crippen LogP contribution in [-0.4, -0.2) is 37.1 Å². The maximum absolute atomic E-state index is 11.9. The Hall–Kier alpha value is 0.450. The van der Waals surface area contributed by atoms with E-state index in [1.807, 2.05) is 0 Å². The summed E-state index contributed by atoms with van der Waals surface area (Å²) in [4.78, 5) is 0. The van der Waals surface area contributed by atoms with Crippen LogP contribution < -0.4 is 5.73 Å². The monoisotopic (exact) mass is 292 g/mol. The molecule has 4 nitrogen and oxygen atoms in total. The number of nitrogens with zero attached hydrogens (tertiary/aromatic N) is 1. The summed E-state index contributed by atoms with van der Waals surface area (Å²) >= 11 is 0. The van der Waals surface area contributed by atoms with Gasteiger partial charge in [0.25, 0.3) is 0 Å². The van der Waals surface area contributed by atoms with Gasteiger partial charge < -0.3 is 5.73 Å². The summed E-state index contributed by atoms with van der Waals surface area (Å²) in [7, 11) is -3.11. The number of nitrogens with two attached hydrogens (primary N) is 1. The number of hydrogen-bond donors (Lipinski definition) is 1. The molecule has 0 aromatic heterocycles. The molecule has 0 aromatic carbocycles. The van der Waals surface area contributed by atoms with Crippen LogP contribution in [0.4, 0.5) is 0 Å². The van der Waals surface area contributed by atoms with E-state index in [-0.39, 0.29) is 36.1 Å². The van der Waals surface area contributed by atoms with Crippen LogP contribution in [0, 0.1) is 0 Å². The summed E-state index contributed by atoms with van der Waals surface area (Å²) in [6.45, 7) is 4.52. The molecule has 100 valence electrons. The first-order valence-electron chi connectivity index (χ1n) is 5.21. The lowest BCUT2D eigenvalue weighted by Gasteiger charge is -2.35. The molecule has 1 atom stereocenters. The van der Waals surface area contributed by atoms with Gasteiger partial charge in [-0.15, -0.1) is 24.8 Å². The van der Waals surface area contributed by atoms with E-state index in [4.69, 9.17) is 5.73 Å². The van der Waals surface area contributed by atoms with Crippen molar-refractivity contribution in [1.29, 1.82) is 0 Å². The molecule has 7 heteroatoms. The number of piperidine rings is 1. The molecule has 1 fully saturated rings. The Balaban J connectivity index is 0. The zero-order chi connectivity index (χ0) is 10.8. The number of sulfonamides is 1. The molecule has 0 spiro atoms. The minimum atomic E-state index is -3.11. The highest BCUT2D eigenvalue weighted by atomic mass is 35.5. The maximum Gasteiger partial charge on any atom is 0.216 e. The fourth-order valence-corrected chi connectivity index (χ4v) is 3.35. The first kappa shape index (κ1) is 18.8. The third kappa shape index (κ3) is 4.04. The lowest BCUT2D eigenvalue weighted by molar-refractivity contribution is 0.256. The smallest absolute Gasteiger partial charge is 0.216 e. The molecule has 0 bridgehead atoms. The van der Waals surface area contributed by atoms with E-state index < -0.39 is 10.0 Å². The summed E-state index contributed by atoms with van der Waals surface area (Å²) in [5, 5.41) is -0.338. The molecule has 1 saturated heterocycles. The van der Waals surface area contributed by atoms with E-state index >= 15 is 0 Å². The molecule has 0 aliphatic carbocycles. The molecule has 1 aliphatic rings. The summed E-state index contributed by atoms with van der Waals surface area (Å²) < 4.78 is 25.4. The Morgan fingerprint density at radius 2 is 1.88 bits per heavy atom. The zero-order valence-electron chi connectivity index (χ0n) is 9.76. The van der Waals surface area contributed by atoms with Crippen LogP contribution in [0.15, 0.2) is 0 Å². The Morgan fingerprint density at radius 3 is 2.31 bits per heavy atom. The van der Waals surface area contributed by atoms with E-state index in [0.717, 1.165) is 19.3 Å². The van der Waals surface area contributed by atoms with Gasteiger partial charge in [-0.25, -0.2) is 8.42 Å². The van der Waals surface area contributed by atoms with Crippen molar-refractivity contribution in [2.45, 2.75) is 44.4 Å². The van der Waals surface area contributed by atoms with Crippen LogP contribution in [0.3, 0.4) is 0 Å². The second-order valence-corrected chi connectivity index (χ2v) is 6.53. The third-order valence-electron chi connectivity index (χ3n) is 2.77. The fourth-order valence-electron chi connectivity index (χ4n) is 1.82. The molecule has 16 heavy (non-hydrogen) atoms. The van der Waals surface area contributed by atoms with E-state index in [2.05, 4.69) is 0 Å². The topological polar surface area (TPSA) is 63.4 Å². The molecule has 0 saturated carbocycles. The van der Waals surface area contributed by atoms with Crippen molar-refractivity contribution >= 4 is 34.8 Å². The predicted molar refractivity (Wildman–Crippen MR) is 72.0 cm³/mol. The Kier molecular flexibility index (Phi) is 9.07. The van der Waals surface area contributed by atoms with Gasteiger partial charge in [-0.05, 0) is 26.7 Å². The van der Waals surface area contributed by atoms with Gasteiger partial charge in [-0.2, -0.15) is 4.31 Å². The molecule has 2 N–H and O–H groups in total. The van der Waals surface area contributed by atoms with Gasteiger partial charge in [0.15, 0.2) is 0 Å². The van der Waals surface area contributed by atoms with E-state index in [1.165, 1.54) is 0 Å². The summed E-state index contributed by atoms with van der Waals surface area (Å²) in [5.74, 6) is 0. The van der Waals surface area contributed by atoms with Gasteiger partial charge in [0, 0.05) is 19.1 Å². The Labute approximate surface area is 111 Å². The highest BCUT2D eigenvalue weighted by Gasteiger charge is 2.33. The van der Waals surface area contributed by atoms with Gasteiger partial charge in [-0.3, -0.25) is 0 Å². The van der Waals surface area contributed by atoms with Crippen LogP contribution in [0.25, 0.3) is 0 Å². The molecular formula is C9H22Cl2N2O2S. The highest BCUT2D eigenvalue weighted by molar-refractivity contribution is 7.89. The SMILES string of the molecule is CC(C)S(=O)(=O)N1CCCCC1CN.Cl.Cl. The van der Waals surface area contributed by atoms with Crippen LogP contribution in [0.1, 0.15) is 33.1 Å². The Morgan fingerprint density at radius 1 is 1.31 bits per heavy atom. The second-order valence-electron chi connectivity index (χ2n) is 4.09. The van der Waals surface area contributed by atoms with Crippen molar-refractivity contribution < 1.29 is 8.42 Å². The molecule has 0 radical (unpaired) electrons. The largest absolute Gasteiger partial charge is 0.329 e. The first-order chi connectivity index (χ1) is 6.50. The van der Waals surface area contributed by atoms with Crippen molar-refractivity contribution in [2.24, 2.45) is 5.73 Å². The third-order valence-corrected chi connectivity index (χ3v) is 5.09. The summed E-state index contributed by atoms with van der Waals surface area (Å²) in [5.41, 5.74) is 5.58. The van der Waals surface area contributed by atoms with Gasteiger partial charge in [-0.1, -0.05) is 6.42 Å². The Bertz CT molecular complexity index is 283. The lowest BCUT2D eigenvalue weighted by atomic mass is 10.1. The minimum Gasteiger partial charge on any atom is -0.329 e. The predicted octanol–water partition coefficient (Wildman–Crippen LogP) is 1.38. The van der Waals surface area contributed by atoms with Gasteiger partial charge in [0.1, 0.15) is 0 Å². The molecule has 0 amide bonds. The molecule has 1 heterocycles. The quantitative estimate of drug-likeness (QED) is 0.855. The van der Waals surface area contributed by atoms with Crippen LogP contribution in [0.5, 0.6) is 0 Å². The van der Waals surface area contributed by atoms with Gasteiger partial charge in [0.05, 0.1) is 5.25 Å². The van der Waals surface area contributed by atoms with Crippen molar-refractivity contribution in [3.05, 3.63) is 0 Å². The molecule has 1 unspecified atom stereocenters. The average Bonchev–Trinajstić information content (AvgIpc) is 2.17. The molecule has 0 aromatic rings. The first-order valence-corrected chi connectivity index (χ1v) is 6.71. The normalized spacial score (nSPS) is 22.4. The van der Waals surface area contributed by atoms with Crippen LogP contribution in [0.2, 0.25) is 0 Å². The standard InChI is InChI=1S/C9H20N2O2S.2ClH/c1-8(2)14(12,13)11-6-4-3-5-9(11)7-10;;/h8-9H,3-7,10H2,1-2H3;2*1H. The van der Waals surface area contributed by atoms with Crippen molar-refractivity contribution in [1.82, 2.24) is 4.31 Å². The maximum atomic E-state index is 11.9. The minimum absolute atomic E-state index is 0. The molecule has 1 aliphatic heterocycles. The average molecular weight is 293 g/mol. The van der Waals surface area contributed by atoms with E-state index in [9.17, 15) is 8.42 Å². The van der Waals surface area contributed by atoms with Crippen LogP contribution in [-0.2, 0) is 10.0 Å². The van der Waals surface area contributed by atoms with Crippen LogP contribution >= 0.6 is 24.8 Å². The van der Waals surface area contributed by atoms with E-state index in [0.29, 0.717) is 13.1 Å². The summed E-state index contributed by atoms with van der Waals surface area (Å²) in [6, 6.07) is 0.0242. The van der Waals surface area contributed by atoms with Gasteiger partial charge in [0.2, 0.25) is 10.0 Å². The molecule has 1 rings (SSSR count). The summed E-state index contributed by atoms with van der Waals surface area (Å²) in [6.07, 6.45) is 2.96. The fraction of sp³-hybridized carbons (Fsp3) is 1.00. The number of rotatable bonds is 3. The zero-order valence-corrected chi connectivity index (χ0v) is 12.2. The molecular weight excluding hydrogens is 271 g/mol. The van der Waals surface area contributed by atoms with Crippen molar-refractivity contribution in [2.75, 3.05) is 13.1 Å². The van der Waals surface area contributed by atoms with Gasteiger partial charge >= 0.3 is 0 Å². The van der Waals surface area contributed by atoms with Crippen molar-refractivity contribution in [3.63, 3.8) is 0 Å². The van der Waals surface area contributed by atoms with Crippen molar-refractivity contribution in [3.8, 4) is 0 Å². The van der Waals surface area contributed by atoms with E-state index in [1.54, 1.807) is 18.2 Å². The lowest BCUT2D eigenvalue weighted by Crippen LogP contribution is -2.49. The number of hydrogen-bond acceptors (Lipinski definition) is 3.